The Kier molecular flexibility index (Phi) is 5.25. The molecule has 0 amide bonds. The Hall–Kier alpha value is -2.80. The molecule has 0 saturated heterocycles. The Morgan fingerprint density at radius 3 is 2.00 bits per heavy atom. The zero-order chi connectivity index (χ0) is 17.7. The summed E-state index contributed by atoms with van der Waals surface area (Å²) in [5.41, 5.74) is 0.0577. The number of hydrogen-bond donors (Lipinski definition) is 0. The van der Waals surface area contributed by atoms with Gasteiger partial charge in [-0.25, -0.2) is 4.39 Å². The van der Waals surface area contributed by atoms with Gasteiger partial charge in [0.2, 0.25) is 0 Å². The molecule has 2 aromatic carbocycles. The molecule has 2 rings (SSSR count). The highest BCUT2D eigenvalue weighted by Crippen LogP contribution is 2.26. The normalized spacial score (nSPS) is 12.1. The lowest BCUT2D eigenvalue weighted by atomic mass is 9.97. The molecular formula is C20H19FO3. The van der Waals surface area contributed by atoms with Gasteiger partial charge in [-0.1, -0.05) is 18.1 Å². The van der Waals surface area contributed by atoms with Gasteiger partial charge in [-0.2, -0.15) is 0 Å². The fraction of sp³-hybridized carbons (Fsp3) is 0.250. The number of terminal acetylenes is 1. The van der Waals surface area contributed by atoms with Gasteiger partial charge in [0.05, 0.1) is 5.41 Å². The van der Waals surface area contributed by atoms with Crippen molar-refractivity contribution in [3.05, 3.63) is 59.9 Å². The van der Waals surface area contributed by atoms with Crippen LogP contribution in [0.1, 0.15) is 32.4 Å². The lowest BCUT2D eigenvalue weighted by Crippen LogP contribution is -2.24. The maximum absolute atomic E-state index is 12.9. The third-order valence-electron chi connectivity index (χ3n) is 3.22. The van der Waals surface area contributed by atoms with Crippen LogP contribution in [0.2, 0.25) is 0 Å². The largest absolute Gasteiger partial charge is 0.457 e. The Bertz CT molecular complexity index is 734. The SMILES string of the molecule is C#CC(OC(=O)C(C)(C)C)c1ccc(Oc2ccc(F)cc2)cc1. The zero-order valence-electron chi connectivity index (χ0n) is 13.9. The zero-order valence-corrected chi connectivity index (χ0v) is 13.9. The van der Waals surface area contributed by atoms with E-state index in [0.717, 1.165) is 0 Å². The van der Waals surface area contributed by atoms with Gasteiger partial charge >= 0.3 is 5.97 Å². The average Bonchev–Trinajstić information content (AvgIpc) is 2.54. The summed E-state index contributed by atoms with van der Waals surface area (Å²) in [5, 5.41) is 0. The number of carbonyl (C=O) groups is 1. The van der Waals surface area contributed by atoms with E-state index < -0.39 is 11.5 Å². The fourth-order valence-electron chi connectivity index (χ4n) is 1.83. The van der Waals surface area contributed by atoms with E-state index in [0.29, 0.717) is 17.1 Å². The van der Waals surface area contributed by atoms with Gasteiger partial charge in [-0.15, -0.1) is 6.42 Å². The van der Waals surface area contributed by atoms with E-state index >= 15 is 0 Å². The van der Waals surface area contributed by atoms with E-state index in [4.69, 9.17) is 15.9 Å². The molecule has 0 spiro atoms. The number of benzene rings is 2. The van der Waals surface area contributed by atoms with Crippen molar-refractivity contribution in [3.8, 4) is 23.8 Å². The fourth-order valence-corrected chi connectivity index (χ4v) is 1.83. The van der Waals surface area contributed by atoms with Crippen LogP contribution in [0, 0.1) is 23.6 Å². The Balaban J connectivity index is 2.08. The molecule has 0 aliphatic carbocycles. The first kappa shape index (κ1) is 17.6. The molecule has 0 saturated carbocycles. The van der Waals surface area contributed by atoms with Gasteiger partial charge in [-0.05, 0) is 57.2 Å². The van der Waals surface area contributed by atoms with Crippen LogP contribution in [0.15, 0.2) is 48.5 Å². The summed E-state index contributed by atoms with van der Waals surface area (Å²) in [4.78, 5) is 12.0. The highest BCUT2D eigenvalue weighted by atomic mass is 19.1. The van der Waals surface area contributed by atoms with Crippen molar-refractivity contribution in [1.29, 1.82) is 0 Å². The van der Waals surface area contributed by atoms with E-state index in [1.807, 2.05) is 0 Å². The van der Waals surface area contributed by atoms with Crippen LogP contribution < -0.4 is 4.74 Å². The Morgan fingerprint density at radius 2 is 1.54 bits per heavy atom. The van der Waals surface area contributed by atoms with E-state index in [1.165, 1.54) is 12.1 Å². The topological polar surface area (TPSA) is 35.5 Å². The molecule has 24 heavy (non-hydrogen) atoms. The number of halogens is 1. The number of carbonyl (C=O) groups excluding carboxylic acids is 1. The molecule has 124 valence electrons. The summed E-state index contributed by atoms with van der Waals surface area (Å²) < 4.78 is 23.9. The van der Waals surface area contributed by atoms with Crippen molar-refractivity contribution < 1.29 is 18.7 Å². The van der Waals surface area contributed by atoms with Crippen LogP contribution in [-0.2, 0) is 9.53 Å². The van der Waals surface area contributed by atoms with E-state index in [9.17, 15) is 9.18 Å². The van der Waals surface area contributed by atoms with Crippen LogP contribution in [0.25, 0.3) is 0 Å². The lowest BCUT2D eigenvalue weighted by molar-refractivity contribution is -0.156. The van der Waals surface area contributed by atoms with Crippen LogP contribution >= 0.6 is 0 Å². The number of rotatable bonds is 4. The van der Waals surface area contributed by atoms with E-state index in [-0.39, 0.29) is 11.8 Å². The number of ether oxygens (including phenoxy) is 2. The van der Waals surface area contributed by atoms with Crippen molar-refractivity contribution in [1.82, 2.24) is 0 Å². The quantitative estimate of drug-likeness (QED) is 0.593. The number of esters is 1. The monoisotopic (exact) mass is 326 g/mol. The molecule has 0 aliphatic heterocycles. The Labute approximate surface area is 141 Å². The molecule has 0 radical (unpaired) electrons. The van der Waals surface area contributed by atoms with Crippen molar-refractivity contribution in [2.45, 2.75) is 26.9 Å². The van der Waals surface area contributed by atoms with Gasteiger partial charge in [0.1, 0.15) is 17.3 Å². The van der Waals surface area contributed by atoms with Crippen molar-refractivity contribution in [2.24, 2.45) is 5.41 Å². The highest BCUT2D eigenvalue weighted by molar-refractivity contribution is 5.75. The van der Waals surface area contributed by atoms with Crippen LogP contribution in [0.4, 0.5) is 4.39 Å². The molecular weight excluding hydrogens is 307 g/mol. The molecule has 0 N–H and O–H groups in total. The Morgan fingerprint density at radius 1 is 1.04 bits per heavy atom. The third-order valence-corrected chi connectivity index (χ3v) is 3.22. The van der Waals surface area contributed by atoms with Gasteiger partial charge in [0, 0.05) is 5.56 Å². The summed E-state index contributed by atoms with van der Waals surface area (Å²) >= 11 is 0. The van der Waals surface area contributed by atoms with Gasteiger partial charge in [-0.3, -0.25) is 4.79 Å². The maximum Gasteiger partial charge on any atom is 0.312 e. The summed E-state index contributed by atoms with van der Waals surface area (Å²) in [5.74, 6) is 2.88. The predicted molar refractivity (Wildman–Crippen MR) is 90.0 cm³/mol. The average molecular weight is 326 g/mol. The second-order valence-electron chi connectivity index (χ2n) is 6.33. The second-order valence-corrected chi connectivity index (χ2v) is 6.33. The van der Waals surface area contributed by atoms with E-state index in [1.54, 1.807) is 57.2 Å². The predicted octanol–water partition coefficient (Wildman–Crippen LogP) is 4.88. The minimum Gasteiger partial charge on any atom is -0.457 e. The van der Waals surface area contributed by atoms with Crippen molar-refractivity contribution in [3.63, 3.8) is 0 Å². The maximum atomic E-state index is 12.9. The van der Waals surface area contributed by atoms with Crippen molar-refractivity contribution >= 4 is 5.97 Å². The smallest absolute Gasteiger partial charge is 0.312 e. The molecule has 0 aliphatic rings. The van der Waals surface area contributed by atoms with Crippen LogP contribution in [-0.4, -0.2) is 5.97 Å². The standard InChI is InChI=1S/C20H19FO3/c1-5-18(24-19(22)20(2,3)4)14-6-10-16(11-7-14)23-17-12-8-15(21)9-13-17/h1,6-13,18H,2-4H3. The van der Waals surface area contributed by atoms with Gasteiger partial charge in [0.15, 0.2) is 6.10 Å². The molecule has 2 aromatic rings. The molecule has 1 atom stereocenters. The van der Waals surface area contributed by atoms with Crippen molar-refractivity contribution in [2.75, 3.05) is 0 Å². The first-order valence-corrected chi connectivity index (χ1v) is 7.50. The van der Waals surface area contributed by atoms with Crippen LogP contribution in [0.5, 0.6) is 11.5 Å². The highest BCUT2D eigenvalue weighted by Gasteiger charge is 2.26. The molecule has 0 fully saturated rings. The second kappa shape index (κ2) is 7.18. The molecule has 3 nitrogen and oxygen atoms in total. The molecule has 1 unspecified atom stereocenters. The van der Waals surface area contributed by atoms with Crippen LogP contribution in [0.3, 0.4) is 0 Å². The number of hydrogen-bond acceptors (Lipinski definition) is 3. The van der Waals surface area contributed by atoms with E-state index in [2.05, 4.69) is 5.92 Å². The molecule has 0 heterocycles. The summed E-state index contributed by atoms with van der Waals surface area (Å²) in [6, 6.07) is 12.6. The summed E-state index contributed by atoms with van der Waals surface area (Å²) in [6.45, 7) is 5.30. The summed E-state index contributed by atoms with van der Waals surface area (Å²) in [7, 11) is 0. The first-order valence-electron chi connectivity index (χ1n) is 7.50. The minimum absolute atomic E-state index is 0.324. The third kappa shape index (κ3) is 4.60. The molecule has 0 aromatic heterocycles. The van der Waals surface area contributed by atoms with Gasteiger partial charge in [0.25, 0.3) is 0 Å². The lowest BCUT2D eigenvalue weighted by Gasteiger charge is -2.20. The molecule has 0 bridgehead atoms. The minimum atomic E-state index is -0.753. The summed E-state index contributed by atoms with van der Waals surface area (Å²) in [6.07, 6.45) is 4.73. The first-order chi connectivity index (χ1) is 11.3. The van der Waals surface area contributed by atoms with Gasteiger partial charge < -0.3 is 9.47 Å². The molecule has 4 heteroatoms.